The van der Waals surface area contributed by atoms with E-state index in [4.69, 9.17) is 4.74 Å². The monoisotopic (exact) mass is 264 g/mol. The second-order valence-electron chi connectivity index (χ2n) is 5.04. The van der Waals surface area contributed by atoms with Gasteiger partial charge in [0.05, 0.1) is 12.5 Å². The number of benzene rings is 1. The predicted molar refractivity (Wildman–Crippen MR) is 78.4 cm³/mol. The van der Waals surface area contributed by atoms with Crippen molar-refractivity contribution in [2.24, 2.45) is 0 Å². The molecular weight excluding hydrogens is 240 g/mol. The number of carbonyl (C=O) groups is 1. The molecule has 4 heteroatoms. The molecule has 0 aliphatic rings. The number of nitrogens with one attached hydrogen (secondary N) is 1. The fourth-order valence-corrected chi connectivity index (χ4v) is 1.64. The van der Waals surface area contributed by atoms with Crippen LogP contribution < -0.4 is 5.32 Å². The molecule has 0 spiro atoms. The van der Waals surface area contributed by atoms with Crippen molar-refractivity contribution in [2.75, 3.05) is 26.5 Å². The molecule has 0 saturated heterocycles. The average molecular weight is 264 g/mol. The third-order valence-electron chi connectivity index (χ3n) is 3.28. The first-order valence-electron chi connectivity index (χ1n) is 6.52. The molecule has 1 aromatic carbocycles. The lowest BCUT2D eigenvalue weighted by Gasteiger charge is -2.21. The summed E-state index contributed by atoms with van der Waals surface area (Å²) in [5, 5.41) is 3.38. The van der Waals surface area contributed by atoms with Crippen molar-refractivity contribution < 1.29 is 9.53 Å². The van der Waals surface area contributed by atoms with Crippen molar-refractivity contribution in [2.45, 2.75) is 32.4 Å². The van der Waals surface area contributed by atoms with Crippen LogP contribution in [0.3, 0.4) is 0 Å². The third kappa shape index (κ3) is 4.91. The molecule has 2 unspecified atom stereocenters. The van der Waals surface area contributed by atoms with Gasteiger partial charge in [-0.25, -0.2) is 0 Å². The van der Waals surface area contributed by atoms with Gasteiger partial charge >= 0.3 is 0 Å². The average Bonchev–Trinajstić information content (AvgIpc) is 2.39. The maximum atomic E-state index is 11.6. The van der Waals surface area contributed by atoms with E-state index in [2.05, 4.69) is 12.2 Å². The Labute approximate surface area is 115 Å². The number of methoxy groups -OCH3 is 1. The van der Waals surface area contributed by atoms with Gasteiger partial charge in [-0.3, -0.25) is 4.79 Å². The van der Waals surface area contributed by atoms with E-state index in [-0.39, 0.29) is 18.1 Å². The van der Waals surface area contributed by atoms with Crippen LogP contribution in [0.25, 0.3) is 0 Å². The number of anilines is 1. The molecule has 0 fully saturated rings. The first-order valence-corrected chi connectivity index (χ1v) is 6.52. The highest BCUT2D eigenvalue weighted by atomic mass is 16.5. The molecule has 0 aromatic heterocycles. The Hall–Kier alpha value is -1.55. The van der Waals surface area contributed by atoms with Gasteiger partial charge in [-0.1, -0.05) is 12.1 Å². The maximum Gasteiger partial charge on any atom is 0.226 e. The lowest BCUT2D eigenvalue weighted by Crippen LogP contribution is -2.29. The zero-order valence-electron chi connectivity index (χ0n) is 12.4. The molecule has 1 aromatic rings. The normalized spacial score (nSPS) is 13.7. The number of hydrogen-bond donors (Lipinski definition) is 1. The number of amides is 1. The summed E-state index contributed by atoms with van der Waals surface area (Å²) in [6, 6.07) is 8.19. The SMILES string of the molecule is COC(C)C(C)Nc1ccc(CC(=O)N(C)C)cc1. The largest absolute Gasteiger partial charge is 0.380 e. The number of likely N-dealkylation sites (N-methyl/N-ethyl adjacent to an activating group) is 1. The van der Waals surface area contributed by atoms with Crippen LogP contribution in [0.5, 0.6) is 0 Å². The summed E-state index contributed by atoms with van der Waals surface area (Å²) < 4.78 is 5.27. The summed E-state index contributed by atoms with van der Waals surface area (Å²) in [7, 11) is 5.25. The zero-order chi connectivity index (χ0) is 14.4. The molecule has 1 amide bonds. The molecule has 19 heavy (non-hydrogen) atoms. The van der Waals surface area contributed by atoms with Crippen molar-refractivity contribution in [3.05, 3.63) is 29.8 Å². The molecule has 0 bridgehead atoms. The molecule has 4 nitrogen and oxygen atoms in total. The van der Waals surface area contributed by atoms with Crippen LogP contribution in [-0.4, -0.2) is 44.2 Å². The van der Waals surface area contributed by atoms with E-state index in [0.717, 1.165) is 11.3 Å². The summed E-state index contributed by atoms with van der Waals surface area (Å²) in [6.07, 6.45) is 0.590. The molecule has 0 aliphatic heterocycles. The van der Waals surface area contributed by atoms with Crippen LogP contribution in [0.4, 0.5) is 5.69 Å². The van der Waals surface area contributed by atoms with Gasteiger partial charge in [0.15, 0.2) is 0 Å². The molecule has 0 radical (unpaired) electrons. The Morgan fingerprint density at radius 1 is 1.26 bits per heavy atom. The van der Waals surface area contributed by atoms with Crippen LogP contribution in [0.2, 0.25) is 0 Å². The summed E-state index contributed by atoms with van der Waals surface area (Å²) in [6.45, 7) is 4.11. The third-order valence-corrected chi connectivity index (χ3v) is 3.28. The van der Waals surface area contributed by atoms with Gasteiger partial charge in [0.2, 0.25) is 5.91 Å². The summed E-state index contributed by atoms with van der Waals surface area (Å²) in [5.41, 5.74) is 2.06. The van der Waals surface area contributed by atoms with E-state index in [9.17, 15) is 4.79 Å². The molecule has 1 rings (SSSR count). The van der Waals surface area contributed by atoms with E-state index in [1.165, 1.54) is 0 Å². The highest BCUT2D eigenvalue weighted by molar-refractivity contribution is 5.78. The lowest BCUT2D eigenvalue weighted by atomic mass is 10.1. The second-order valence-corrected chi connectivity index (χ2v) is 5.04. The Morgan fingerprint density at radius 2 is 1.84 bits per heavy atom. The van der Waals surface area contributed by atoms with Crippen molar-refractivity contribution in [3.8, 4) is 0 Å². The summed E-state index contributed by atoms with van der Waals surface area (Å²) >= 11 is 0. The topological polar surface area (TPSA) is 41.6 Å². The second kappa shape index (κ2) is 7.14. The maximum absolute atomic E-state index is 11.6. The Bertz CT molecular complexity index is 401. The Morgan fingerprint density at radius 3 is 2.32 bits per heavy atom. The van der Waals surface area contributed by atoms with Gasteiger partial charge in [0.1, 0.15) is 0 Å². The van der Waals surface area contributed by atoms with Gasteiger partial charge in [-0.2, -0.15) is 0 Å². The molecular formula is C15H24N2O2. The quantitative estimate of drug-likeness (QED) is 0.856. The van der Waals surface area contributed by atoms with E-state index in [1.54, 1.807) is 26.1 Å². The van der Waals surface area contributed by atoms with Crippen molar-refractivity contribution in [1.82, 2.24) is 4.90 Å². The minimum atomic E-state index is 0.113. The fraction of sp³-hybridized carbons (Fsp3) is 0.533. The molecule has 2 atom stereocenters. The van der Waals surface area contributed by atoms with Gasteiger partial charge in [0.25, 0.3) is 0 Å². The summed E-state index contributed by atoms with van der Waals surface area (Å²) in [4.78, 5) is 13.2. The van der Waals surface area contributed by atoms with Crippen molar-refractivity contribution in [3.63, 3.8) is 0 Å². The lowest BCUT2D eigenvalue weighted by molar-refractivity contribution is -0.127. The van der Waals surface area contributed by atoms with Crippen LogP contribution in [0, 0.1) is 0 Å². The Kier molecular flexibility index (Phi) is 5.83. The predicted octanol–water partition coefficient (Wildman–Crippen LogP) is 2.15. The van der Waals surface area contributed by atoms with E-state index in [1.807, 2.05) is 31.2 Å². The molecule has 0 aliphatic carbocycles. The number of carbonyl (C=O) groups excluding carboxylic acids is 1. The van der Waals surface area contributed by atoms with E-state index >= 15 is 0 Å². The highest BCUT2D eigenvalue weighted by Gasteiger charge is 2.11. The number of rotatable bonds is 6. The molecule has 0 saturated carbocycles. The molecule has 1 N–H and O–H groups in total. The summed E-state index contributed by atoms with van der Waals surface area (Å²) in [5.74, 6) is 0.113. The number of hydrogen-bond acceptors (Lipinski definition) is 3. The van der Waals surface area contributed by atoms with Crippen LogP contribution in [0.15, 0.2) is 24.3 Å². The van der Waals surface area contributed by atoms with Gasteiger partial charge < -0.3 is 15.0 Å². The molecule has 106 valence electrons. The number of nitrogens with zero attached hydrogens (tertiary/aromatic N) is 1. The van der Waals surface area contributed by atoms with Gasteiger partial charge in [-0.15, -0.1) is 0 Å². The van der Waals surface area contributed by atoms with Crippen molar-refractivity contribution in [1.29, 1.82) is 0 Å². The fourth-order valence-electron chi connectivity index (χ4n) is 1.64. The minimum absolute atomic E-state index is 0.113. The first-order chi connectivity index (χ1) is 8.93. The van der Waals surface area contributed by atoms with Gasteiger partial charge in [-0.05, 0) is 31.5 Å². The Balaban J connectivity index is 2.59. The zero-order valence-corrected chi connectivity index (χ0v) is 12.4. The van der Waals surface area contributed by atoms with Crippen LogP contribution >= 0.6 is 0 Å². The smallest absolute Gasteiger partial charge is 0.226 e. The standard InChI is InChI=1S/C15H24N2O2/c1-11(12(2)19-5)16-14-8-6-13(7-9-14)10-15(18)17(3)4/h6-9,11-12,16H,10H2,1-5H3. The highest BCUT2D eigenvalue weighted by Crippen LogP contribution is 2.13. The first kappa shape index (κ1) is 15.5. The van der Waals surface area contributed by atoms with Gasteiger partial charge in [0, 0.05) is 32.9 Å². The minimum Gasteiger partial charge on any atom is -0.380 e. The van der Waals surface area contributed by atoms with Crippen LogP contribution in [0.1, 0.15) is 19.4 Å². The van der Waals surface area contributed by atoms with E-state index in [0.29, 0.717) is 6.42 Å². The molecule has 0 heterocycles. The van der Waals surface area contributed by atoms with Crippen molar-refractivity contribution >= 4 is 11.6 Å². The number of ether oxygens (including phenoxy) is 1. The van der Waals surface area contributed by atoms with Crippen LogP contribution in [-0.2, 0) is 16.0 Å². The van der Waals surface area contributed by atoms with E-state index < -0.39 is 0 Å².